The van der Waals surface area contributed by atoms with Crippen LogP contribution >= 0.6 is 0 Å². The molecule has 3 nitrogen and oxygen atoms in total. The standard InChI is InChI=1S/C9H19NO2/c1-9(2,12)5-7-3-4-8(11)6-10-7/h7-8,10-12H,3-6H2,1-2H3/t7?,8-/m0/s1. The van der Waals surface area contributed by atoms with E-state index in [1.54, 1.807) is 0 Å². The normalized spacial score (nSPS) is 32.0. The van der Waals surface area contributed by atoms with Crippen LogP contribution in [-0.4, -0.2) is 34.5 Å². The molecule has 0 aromatic heterocycles. The van der Waals surface area contributed by atoms with Crippen molar-refractivity contribution in [2.75, 3.05) is 6.54 Å². The number of nitrogens with one attached hydrogen (secondary N) is 1. The molecule has 1 saturated heterocycles. The van der Waals surface area contributed by atoms with Gasteiger partial charge in [-0.05, 0) is 33.1 Å². The molecule has 1 unspecified atom stereocenters. The van der Waals surface area contributed by atoms with Gasteiger partial charge in [-0.3, -0.25) is 0 Å². The van der Waals surface area contributed by atoms with Gasteiger partial charge in [0, 0.05) is 12.6 Å². The Hall–Kier alpha value is -0.120. The second-order valence-electron chi connectivity index (χ2n) is 4.35. The minimum absolute atomic E-state index is 0.192. The zero-order chi connectivity index (χ0) is 9.19. The van der Waals surface area contributed by atoms with Gasteiger partial charge >= 0.3 is 0 Å². The summed E-state index contributed by atoms with van der Waals surface area (Å²) in [5.74, 6) is 0. The molecule has 12 heavy (non-hydrogen) atoms. The molecule has 1 fully saturated rings. The SMILES string of the molecule is CC(C)(O)CC1CC[C@H](O)CN1. The van der Waals surface area contributed by atoms with Gasteiger partial charge in [-0.1, -0.05) is 0 Å². The minimum Gasteiger partial charge on any atom is -0.392 e. The van der Waals surface area contributed by atoms with E-state index in [9.17, 15) is 10.2 Å². The van der Waals surface area contributed by atoms with E-state index >= 15 is 0 Å². The first kappa shape index (κ1) is 9.96. The monoisotopic (exact) mass is 173 g/mol. The summed E-state index contributed by atoms with van der Waals surface area (Å²) < 4.78 is 0. The highest BCUT2D eigenvalue weighted by Crippen LogP contribution is 2.17. The fourth-order valence-electron chi connectivity index (χ4n) is 1.68. The molecule has 0 radical (unpaired) electrons. The third kappa shape index (κ3) is 3.52. The van der Waals surface area contributed by atoms with E-state index in [2.05, 4.69) is 5.32 Å². The lowest BCUT2D eigenvalue weighted by atomic mass is 9.92. The number of aliphatic hydroxyl groups excluding tert-OH is 1. The van der Waals surface area contributed by atoms with Crippen LogP contribution in [0.1, 0.15) is 33.1 Å². The fraction of sp³-hybridized carbons (Fsp3) is 1.00. The zero-order valence-corrected chi connectivity index (χ0v) is 7.88. The quantitative estimate of drug-likeness (QED) is 0.561. The molecule has 0 aromatic rings. The van der Waals surface area contributed by atoms with Gasteiger partial charge in [0.05, 0.1) is 11.7 Å². The number of hydrogen-bond donors (Lipinski definition) is 3. The first-order chi connectivity index (χ1) is 5.47. The lowest BCUT2D eigenvalue weighted by molar-refractivity contribution is 0.0439. The molecule has 72 valence electrons. The Kier molecular flexibility index (Phi) is 3.09. The van der Waals surface area contributed by atoms with Crippen molar-refractivity contribution in [3.05, 3.63) is 0 Å². The number of piperidine rings is 1. The van der Waals surface area contributed by atoms with Crippen LogP contribution in [0.3, 0.4) is 0 Å². The first-order valence-corrected chi connectivity index (χ1v) is 4.61. The van der Waals surface area contributed by atoms with Gasteiger partial charge in [0.25, 0.3) is 0 Å². The first-order valence-electron chi connectivity index (χ1n) is 4.61. The second-order valence-corrected chi connectivity index (χ2v) is 4.35. The van der Waals surface area contributed by atoms with Crippen LogP contribution in [0, 0.1) is 0 Å². The summed E-state index contributed by atoms with van der Waals surface area (Å²) in [6.07, 6.45) is 2.39. The predicted octanol–water partition coefficient (Wildman–Crippen LogP) is 0.260. The molecule has 1 heterocycles. The van der Waals surface area contributed by atoms with Gasteiger partial charge in [0.1, 0.15) is 0 Å². The van der Waals surface area contributed by atoms with Gasteiger partial charge in [-0.2, -0.15) is 0 Å². The van der Waals surface area contributed by atoms with Crippen molar-refractivity contribution in [1.82, 2.24) is 5.32 Å². The number of hydrogen-bond acceptors (Lipinski definition) is 3. The van der Waals surface area contributed by atoms with Crippen molar-refractivity contribution in [1.29, 1.82) is 0 Å². The molecule has 0 spiro atoms. The highest BCUT2D eigenvalue weighted by molar-refractivity contribution is 4.82. The van der Waals surface area contributed by atoms with E-state index in [0.29, 0.717) is 12.6 Å². The van der Waals surface area contributed by atoms with Crippen molar-refractivity contribution in [2.24, 2.45) is 0 Å². The van der Waals surface area contributed by atoms with Crippen molar-refractivity contribution in [3.8, 4) is 0 Å². The predicted molar refractivity (Wildman–Crippen MR) is 47.9 cm³/mol. The zero-order valence-electron chi connectivity index (χ0n) is 7.88. The van der Waals surface area contributed by atoms with Crippen LogP contribution < -0.4 is 5.32 Å². The van der Waals surface area contributed by atoms with E-state index < -0.39 is 5.60 Å². The minimum atomic E-state index is -0.597. The lowest BCUT2D eigenvalue weighted by Gasteiger charge is -2.31. The molecule has 0 amide bonds. The average molecular weight is 173 g/mol. The largest absolute Gasteiger partial charge is 0.392 e. The maximum absolute atomic E-state index is 9.53. The Bertz CT molecular complexity index is 134. The highest BCUT2D eigenvalue weighted by Gasteiger charge is 2.24. The molecule has 0 bridgehead atoms. The van der Waals surface area contributed by atoms with E-state index in [1.165, 1.54) is 0 Å². The lowest BCUT2D eigenvalue weighted by Crippen LogP contribution is -2.44. The van der Waals surface area contributed by atoms with Gasteiger partial charge in [0.2, 0.25) is 0 Å². The summed E-state index contributed by atoms with van der Waals surface area (Å²) in [5.41, 5.74) is -0.597. The van der Waals surface area contributed by atoms with E-state index in [-0.39, 0.29) is 6.10 Å². The average Bonchev–Trinajstić information content (AvgIpc) is 1.91. The van der Waals surface area contributed by atoms with Crippen LogP contribution in [0.4, 0.5) is 0 Å². The third-order valence-electron chi connectivity index (χ3n) is 2.24. The van der Waals surface area contributed by atoms with Gasteiger partial charge in [-0.15, -0.1) is 0 Å². The van der Waals surface area contributed by atoms with Crippen molar-refractivity contribution >= 4 is 0 Å². The van der Waals surface area contributed by atoms with Crippen LogP contribution in [0.25, 0.3) is 0 Å². The van der Waals surface area contributed by atoms with Crippen LogP contribution in [0.15, 0.2) is 0 Å². The molecule has 2 atom stereocenters. The Balaban J connectivity index is 2.26. The van der Waals surface area contributed by atoms with Gasteiger partial charge in [0.15, 0.2) is 0 Å². The summed E-state index contributed by atoms with van der Waals surface area (Å²) >= 11 is 0. The second kappa shape index (κ2) is 3.73. The maximum Gasteiger partial charge on any atom is 0.0665 e. The molecule has 1 aliphatic rings. The maximum atomic E-state index is 9.53. The summed E-state index contributed by atoms with van der Waals surface area (Å²) in [4.78, 5) is 0. The smallest absolute Gasteiger partial charge is 0.0665 e. The fourth-order valence-corrected chi connectivity index (χ4v) is 1.68. The van der Waals surface area contributed by atoms with Crippen molar-refractivity contribution in [2.45, 2.75) is 50.9 Å². The van der Waals surface area contributed by atoms with Crippen molar-refractivity contribution < 1.29 is 10.2 Å². The van der Waals surface area contributed by atoms with Gasteiger partial charge in [-0.25, -0.2) is 0 Å². The molecule has 0 saturated carbocycles. The van der Waals surface area contributed by atoms with Crippen LogP contribution in [-0.2, 0) is 0 Å². The van der Waals surface area contributed by atoms with E-state index in [1.807, 2.05) is 13.8 Å². The number of β-amino-alcohol motifs (C(OH)–C–C–N with tert-alkyl or cyclic N) is 1. The Morgan fingerprint density at radius 1 is 1.42 bits per heavy atom. The van der Waals surface area contributed by atoms with E-state index in [0.717, 1.165) is 19.3 Å². The molecular formula is C9H19NO2. The Labute approximate surface area is 73.8 Å². The molecule has 3 N–H and O–H groups in total. The highest BCUT2D eigenvalue weighted by atomic mass is 16.3. The van der Waals surface area contributed by atoms with Gasteiger partial charge < -0.3 is 15.5 Å². The van der Waals surface area contributed by atoms with Crippen molar-refractivity contribution in [3.63, 3.8) is 0 Å². The molecular weight excluding hydrogens is 154 g/mol. The third-order valence-corrected chi connectivity index (χ3v) is 2.24. The number of aliphatic hydroxyl groups is 2. The summed E-state index contributed by atoms with van der Waals surface area (Å²) in [5, 5.41) is 21.9. The topological polar surface area (TPSA) is 52.5 Å². The molecule has 1 aliphatic heterocycles. The molecule has 0 aromatic carbocycles. The van der Waals surface area contributed by atoms with Crippen LogP contribution in [0.5, 0.6) is 0 Å². The molecule has 3 heteroatoms. The Morgan fingerprint density at radius 2 is 2.08 bits per heavy atom. The summed E-state index contributed by atoms with van der Waals surface area (Å²) in [6, 6.07) is 0.369. The summed E-state index contributed by atoms with van der Waals surface area (Å²) in [6.45, 7) is 4.31. The van der Waals surface area contributed by atoms with E-state index in [4.69, 9.17) is 0 Å². The Morgan fingerprint density at radius 3 is 2.50 bits per heavy atom. The molecule has 1 rings (SSSR count). The number of rotatable bonds is 2. The summed E-state index contributed by atoms with van der Waals surface area (Å²) in [7, 11) is 0. The molecule has 0 aliphatic carbocycles. The van der Waals surface area contributed by atoms with Crippen LogP contribution in [0.2, 0.25) is 0 Å².